The molecule has 6 aromatic rings. The number of H-pyrrole nitrogens is 2. The maximum Gasteiger partial charge on any atom is 0.166 e. The van der Waals surface area contributed by atoms with E-state index >= 15 is 4.39 Å². The first-order valence-corrected chi connectivity index (χ1v) is 12.2. The van der Waals surface area contributed by atoms with Crippen molar-refractivity contribution < 1.29 is 4.39 Å². The largest absolute Gasteiger partial charge is 0.336 e. The number of hydrogen-bond acceptors (Lipinski definition) is 7. The fourth-order valence-electron chi connectivity index (χ4n) is 5.01. The van der Waals surface area contributed by atoms with Gasteiger partial charge in [-0.25, -0.2) is 19.3 Å². The smallest absolute Gasteiger partial charge is 0.166 e. The summed E-state index contributed by atoms with van der Waals surface area (Å²) in [7, 11) is 0. The van der Waals surface area contributed by atoms with Gasteiger partial charge in [0, 0.05) is 36.9 Å². The first-order valence-electron chi connectivity index (χ1n) is 12.2. The van der Waals surface area contributed by atoms with Crippen LogP contribution in [-0.4, -0.2) is 62.7 Å². The Kier molecular flexibility index (Phi) is 5.03. The van der Waals surface area contributed by atoms with Gasteiger partial charge < -0.3 is 4.98 Å². The molecule has 1 saturated heterocycles. The van der Waals surface area contributed by atoms with E-state index in [0.717, 1.165) is 36.4 Å². The van der Waals surface area contributed by atoms with Crippen molar-refractivity contribution in [3.8, 4) is 28.6 Å². The Labute approximate surface area is 210 Å². The average molecular weight is 495 g/mol. The molecule has 1 aliphatic rings. The minimum atomic E-state index is -0.467. The number of aromatic nitrogens is 9. The van der Waals surface area contributed by atoms with Crippen LogP contribution in [-0.2, 0) is 6.54 Å². The van der Waals surface area contributed by atoms with Crippen LogP contribution < -0.4 is 0 Å². The highest BCUT2D eigenvalue weighted by molar-refractivity contribution is 5.95. The van der Waals surface area contributed by atoms with Gasteiger partial charge in [-0.05, 0) is 50.6 Å². The molecule has 37 heavy (non-hydrogen) atoms. The number of hydrogen-bond donors (Lipinski definition) is 2. The molecule has 2 N–H and O–H groups in total. The Morgan fingerprint density at radius 1 is 1.03 bits per heavy atom. The summed E-state index contributed by atoms with van der Waals surface area (Å²) in [6, 6.07) is 3.80. The molecular formula is C26H23FN10. The number of nitrogens with zero attached hydrogens (tertiary/aromatic N) is 8. The molecule has 11 heteroatoms. The van der Waals surface area contributed by atoms with Crippen LogP contribution in [0.4, 0.5) is 4.39 Å². The van der Waals surface area contributed by atoms with E-state index in [9.17, 15) is 0 Å². The normalized spacial score (nSPS) is 14.3. The average Bonchev–Trinajstić information content (AvgIpc) is 3.70. The van der Waals surface area contributed by atoms with E-state index in [4.69, 9.17) is 4.98 Å². The molecule has 0 saturated carbocycles. The number of pyridine rings is 3. The topological polar surface area (TPSA) is 117 Å². The Morgan fingerprint density at radius 3 is 2.76 bits per heavy atom. The second-order valence-electron chi connectivity index (χ2n) is 9.39. The number of aromatic amines is 2. The molecule has 0 bridgehead atoms. The summed E-state index contributed by atoms with van der Waals surface area (Å²) < 4.78 is 17.9. The highest BCUT2D eigenvalue weighted by Gasteiger charge is 2.22. The van der Waals surface area contributed by atoms with Gasteiger partial charge in [-0.2, -0.15) is 5.10 Å². The molecule has 0 unspecified atom stereocenters. The first-order chi connectivity index (χ1) is 18.1. The van der Waals surface area contributed by atoms with Crippen molar-refractivity contribution in [3.05, 3.63) is 66.5 Å². The minimum absolute atomic E-state index is 0.235. The number of likely N-dealkylation sites (tertiary alicyclic amines) is 1. The van der Waals surface area contributed by atoms with Gasteiger partial charge in [-0.1, -0.05) is 0 Å². The number of fused-ring (bicyclic) bond motifs is 2. The monoisotopic (exact) mass is 494 g/mol. The zero-order valence-corrected chi connectivity index (χ0v) is 20.1. The standard InChI is InChI=1S/C26H23FN10/c1-15-12-37(14-31-15)26-23-18(4-5-29-26)32-25(33-23)24-20-19(34-35-24)11-30-22(21(20)27)17-8-16(9-28-10-17)13-36-6-2-3-7-36/h4-5,8-12,14H,2-3,6-7,13H2,1H3,(H,32,33)(H,34,35). The molecule has 0 atom stereocenters. The van der Waals surface area contributed by atoms with Crippen molar-refractivity contribution in [1.29, 1.82) is 0 Å². The summed E-state index contributed by atoms with van der Waals surface area (Å²) in [5.41, 5.74) is 5.04. The lowest BCUT2D eigenvalue weighted by molar-refractivity contribution is 0.331. The molecule has 0 spiro atoms. The van der Waals surface area contributed by atoms with Crippen molar-refractivity contribution in [2.45, 2.75) is 26.3 Å². The van der Waals surface area contributed by atoms with Crippen LogP contribution >= 0.6 is 0 Å². The predicted octanol–water partition coefficient (Wildman–Crippen LogP) is 4.19. The molecule has 7 heterocycles. The van der Waals surface area contributed by atoms with Crippen LogP contribution in [0.5, 0.6) is 0 Å². The fourth-order valence-corrected chi connectivity index (χ4v) is 5.01. The van der Waals surface area contributed by atoms with Gasteiger partial charge in [0.25, 0.3) is 0 Å². The van der Waals surface area contributed by atoms with E-state index in [1.165, 1.54) is 12.8 Å². The molecule has 0 aromatic carbocycles. The van der Waals surface area contributed by atoms with Crippen LogP contribution in [0.1, 0.15) is 24.1 Å². The maximum absolute atomic E-state index is 16.0. The van der Waals surface area contributed by atoms with Gasteiger partial charge in [-0.3, -0.25) is 24.5 Å². The molecule has 6 aromatic heterocycles. The third kappa shape index (κ3) is 3.75. The maximum atomic E-state index is 16.0. The van der Waals surface area contributed by atoms with E-state index in [1.807, 2.05) is 36.0 Å². The second kappa shape index (κ2) is 8.56. The molecule has 1 aliphatic heterocycles. The van der Waals surface area contributed by atoms with Crippen molar-refractivity contribution in [2.75, 3.05) is 13.1 Å². The third-order valence-corrected chi connectivity index (χ3v) is 6.78. The summed E-state index contributed by atoms with van der Waals surface area (Å²) in [6.07, 6.45) is 12.8. The number of rotatable bonds is 5. The quantitative estimate of drug-likeness (QED) is 0.369. The number of imidazole rings is 2. The molecule has 1 fully saturated rings. The third-order valence-electron chi connectivity index (χ3n) is 6.78. The molecule has 0 amide bonds. The summed E-state index contributed by atoms with van der Waals surface area (Å²) in [6.45, 7) is 4.87. The molecule has 184 valence electrons. The zero-order chi connectivity index (χ0) is 24.9. The molecule has 0 radical (unpaired) electrons. The Hall–Kier alpha value is -4.51. The summed E-state index contributed by atoms with van der Waals surface area (Å²) in [5, 5.41) is 7.60. The fraction of sp³-hybridized carbons (Fsp3) is 0.231. The van der Waals surface area contributed by atoms with Crippen molar-refractivity contribution >= 4 is 21.9 Å². The lowest BCUT2D eigenvalue weighted by Gasteiger charge is -2.14. The van der Waals surface area contributed by atoms with Crippen LogP contribution in [0.3, 0.4) is 0 Å². The summed E-state index contributed by atoms with van der Waals surface area (Å²) in [5.74, 6) is 0.596. The van der Waals surface area contributed by atoms with Crippen molar-refractivity contribution in [1.82, 2.24) is 49.6 Å². The number of aryl methyl sites for hydroxylation is 1. The van der Waals surface area contributed by atoms with Crippen LogP contribution in [0.2, 0.25) is 0 Å². The lowest BCUT2D eigenvalue weighted by atomic mass is 10.1. The van der Waals surface area contributed by atoms with Crippen LogP contribution in [0.15, 0.2) is 49.4 Å². The highest BCUT2D eigenvalue weighted by Crippen LogP contribution is 2.33. The molecular weight excluding hydrogens is 471 g/mol. The van der Waals surface area contributed by atoms with Crippen LogP contribution in [0, 0.1) is 12.7 Å². The van der Waals surface area contributed by atoms with Gasteiger partial charge in [-0.15, -0.1) is 0 Å². The van der Waals surface area contributed by atoms with E-state index in [1.54, 1.807) is 24.9 Å². The van der Waals surface area contributed by atoms with Crippen molar-refractivity contribution in [2.24, 2.45) is 0 Å². The minimum Gasteiger partial charge on any atom is -0.336 e. The Bertz CT molecular complexity index is 1760. The Morgan fingerprint density at radius 2 is 1.92 bits per heavy atom. The van der Waals surface area contributed by atoms with Gasteiger partial charge in [0.05, 0.1) is 28.3 Å². The van der Waals surface area contributed by atoms with Crippen molar-refractivity contribution in [3.63, 3.8) is 0 Å². The lowest BCUT2D eigenvalue weighted by Crippen LogP contribution is -2.18. The van der Waals surface area contributed by atoms with Gasteiger partial charge >= 0.3 is 0 Å². The number of nitrogens with one attached hydrogen (secondary N) is 2. The SMILES string of the molecule is Cc1cn(-c2nccc3[nH]c(-c4n[nH]c5cnc(-c6cncc(CN7CCCC7)c6)c(F)c45)nc23)cn1. The highest BCUT2D eigenvalue weighted by atomic mass is 19.1. The molecule has 7 rings (SSSR count). The van der Waals surface area contributed by atoms with E-state index < -0.39 is 5.82 Å². The molecule has 0 aliphatic carbocycles. The molecule has 10 nitrogen and oxygen atoms in total. The zero-order valence-electron chi connectivity index (χ0n) is 20.1. The summed E-state index contributed by atoms with van der Waals surface area (Å²) >= 11 is 0. The summed E-state index contributed by atoms with van der Waals surface area (Å²) in [4.78, 5) is 28.0. The van der Waals surface area contributed by atoms with E-state index in [2.05, 4.69) is 40.0 Å². The van der Waals surface area contributed by atoms with E-state index in [-0.39, 0.29) is 5.69 Å². The van der Waals surface area contributed by atoms with E-state index in [0.29, 0.717) is 39.3 Å². The predicted molar refractivity (Wildman–Crippen MR) is 136 cm³/mol. The Balaban J connectivity index is 1.31. The van der Waals surface area contributed by atoms with Gasteiger partial charge in [0.2, 0.25) is 0 Å². The van der Waals surface area contributed by atoms with Gasteiger partial charge in [0.1, 0.15) is 23.2 Å². The number of halogens is 1. The second-order valence-corrected chi connectivity index (χ2v) is 9.39. The van der Waals surface area contributed by atoms with Crippen LogP contribution in [0.25, 0.3) is 50.5 Å². The van der Waals surface area contributed by atoms with Gasteiger partial charge in [0.15, 0.2) is 17.5 Å². The first kappa shape index (κ1) is 21.7.